The van der Waals surface area contributed by atoms with E-state index in [0.717, 1.165) is 0 Å². The average molecular weight is 282 g/mol. The molecule has 0 fully saturated rings. The molecule has 0 aliphatic carbocycles. The first-order chi connectivity index (χ1) is 10.1. The monoisotopic (exact) mass is 282 g/mol. The van der Waals surface area contributed by atoms with Crippen LogP contribution in [0.2, 0.25) is 0 Å². The van der Waals surface area contributed by atoms with E-state index in [4.69, 9.17) is 10.00 Å². The topological polar surface area (TPSA) is 93.2 Å². The van der Waals surface area contributed by atoms with Crippen molar-refractivity contribution >= 4 is 11.7 Å². The van der Waals surface area contributed by atoms with E-state index in [1.54, 1.807) is 24.3 Å². The Morgan fingerprint density at radius 3 is 2.57 bits per heavy atom. The van der Waals surface area contributed by atoms with Crippen molar-refractivity contribution in [2.45, 2.75) is 6.61 Å². The summed E-state index contributed by atoms with van der Waals surface area (Å²) >= 11 is 0. The molecule has 6 nitrogen and oxygen atoms in total. The molecule has 2 rings (SSSR count). The Bertz CT molecular complexity index is 717. The van der Waals surface area contributed by atoms with Crippen molar-refractivity contribution in [2.75, 3.05) is 0 Å². The van der Waals surface area contributed by atoms with Gasteiger partial charge in [-0.15, -0.1) is 0 Å². The fourth-order valence-corrected chi connectivity index (χ4v) is 1.68. The van der Waals surface area contributed by atoms with Gasteiger partial charge in [0.05, 0.1) is 22.1 Å². The van der Waals surface area contributed by atoms with Gasteiger partial charge in [0.15, 0.2) is 0 Å². The highest BCUT2D eigenvalue weighted by atomic mass is 16.6. The number of carbonyl (C=O) groups is 1. The van der Waals surface area contributed by atoms with Crippen LogP contribution in [0.3, 0.4) is 0 Å². The first-order valence-corrected chi connectivity index (χ1v) is 6.01. The van der Waals surface area contributed by atoms with Gasteiger partial charge in [0.2, 0.25) is 0 Å². The summed E-state index contributed by atoms with van der Waals surface area (Å²) in [5.41, 5.74) is 1.33. The van der Waals surface area contributed by atoms with Crippen LogP contribution in [-0.2, 0) is 11.3 Å². The third-order valence-corrected chi connectivity index (χ3v) is 2.74. The minimum absolute atomic E-state index is 0.0331. The van der Waals surface area contributed by atoms with Gasteiger partial charge in [-0.3, -0.25) is 10.1 Å². The standard InChI is InChI=1S/C15H10N2O4/c16-9-11-2-1-3-12(8-11)10-21-15(18)13-4-6-14(7-5-13)17(19)20/h1-8H,10H2. The predicted octanol–water partition coefficient (Wildman–Crippen LogP) is 2.82. The molecular weight excluding hydrogens is 272 g/mol. The summed E-state index contributed by atoms with van der Waals surface area (Å²) in [6.07, 6.45) is 0. The predicted molar refractivity (Wildman–Crippen MR) is 73.4 cm³/mol. The molecule has 0 N–H and O–H groups in total. The first-order valence-electron chi connectivity index (χ1n) is 6.01. The fourth-order valence-electron chi connectivity index (χ4n) is 1.68. The van der Waals surface area contributed by atoms with E-state index < -0.39 is 10.9 Å². The van der Waals surface area contributed by atoms with Crippen molar-refractivity contribution in [1.82, 2.24) is 0 Å². The number of hydrogen-bond donors (Lipinski definition) is 0. The molecule has 0 heterocycles. The van der Waals surface area contributed by atoms with Crippen molar-refractivity contribution in [2.24, 2.45) is 0 Å². The molecule has 0 saturated carbocycles. The molecular formula is C15H10N2O4. The lowest BCUT2D eigenvalue weighted by Crippen LogP contribution is -2.05. The maximum Gasteiger partial charge on any atom is 0.338 e. The highest BCUT2D eigenvalue weighted by molar-refractivity contribution is 5.89. The van der Waals surface area contributed by atoms with Gasteiger partial charge in [0, 0.05) is 12.1 Å². The van der Waals surface area contributed by atoms with Crippen LogP contribution >= 0.6 is 0 Å². The number of nitriles is 1. The number of rotatable bonds is 4. The van der Waals surface area contributed by atoms with E-state index in [1.807, 2.05) is 6.07 Å². The van der Waals surface area contributed by atoms with Crippen LogP contribution in [0, 0.1) is 21.4 Å². The molecule has 0 bridgehead atoms. The van der Waals surface area contributed by atoms with Crippen molar-refractivity contribution in [3.8, 4) is 6.07 Å². The molecule has 21 heavy (non-hydrogen) atoms. The van der Waals surface area contributed by atoms with Gasteiger partial charge >= 0.3 is 5.97 Å². The number of nitro groups is 1. The molecule has 104 valence electrons. The van der Waals surface area contributed by atoms with Crippen LogP contribution in [0.5, 0.6) is 0 Å². The zero-order chi connectivity index (χ0) is 15.2. The fraction of sp³-hybridized carbons (Fsp3) is 0.0667. The van der Waals surface area contributed by atoms with E-state index >= 15 is 0 Å². The third-order valence-electron chi connectivity index (χ3n) is 2.74. The molecule has 0 amide bonds. The number of nitro benzene ring substituents is 1. The molecule has 0 unspecified atom stereocenters. The maximum atomic E-state index is 11.8. The maximum absolute atomic E-state index is 11.8. The number of ether oxygens (including phenoxy) is 1. The molecule has 2 aromatic rings. The molecule has 0 saturated heterocycles. The molecule has 0 aromatic heterocycles. The number of esters is 1. The lowest BCUT2D eigenvalue weighted by molar-refractivity contribution is -0.384. The summed E-state index contributed by atoms with van der Waals surface area (Å²) in [4.78, 5) is 21.8. The Hall–Kier alpha value is -3.20. The van der Waals surface area contributed by atoms with E-state index in [0.29, 0.717) is 11.1 Å². The minimum Gasteiger partial charge on any atom is -0.457 e. The van der Waals surface area contributed by atoms with Crippen molar-refractivity contribution in [3.05, 3.63) is 75.3 Å². The van der Waals surface area contributed by atoms with E-state index in [-0.39, 0.29) is 17.9 Å². The quantitative estimate of drug-likeness (QED) is 0.488. The van der Waals surface area contributed by atoms with Crippen LogP contribution in [0.25, 0.3) is 0 Å². The van der Waals surface area contributed by atoms with Gasteiger partial charge in [-0.2, -0.15) is 5.26 Å². The lowest BCUT2D eigenvalue weighted by Gasteiger charge is -2.05. The molecule has 0 radical (unpaired) electrons. The van der Waals surface area contributed by atoms with Crippen LogP contribution in [0.4, 0.5) is 5.69 Å². The zero-order valence-corrected chi connectivity index (χ0v) is 10.9. The number of carbonyl (C=O) groups excluding carboxylic acids is 1. The summed E-state index contributed by atoms with van der Waals surface area (Å²) in [5, 5.41) is 19.3. The van der Waals surface area contributed by atoms with Crippen LogP contribution < -0.4 is 0 Å². The highest BCUT2D eigenvalue weighted by Gasteiger charge is 2.10. The average Bonchev–Trinajstić information content (AvgIpc) is 2.53. The van der Waals surface area contributed by atoms with Gasteiger partial charge < -0.3 is 4.74 Å². The summed E-state index contributed by atoms with van der Waals surface area (Å²) < 4.78 is 5.10. The zero-order valence-electron chi connectivity index (χ0n) is 10.9. The van der Waals surface area contributed by atoms with Gasteiger partial charge in [-0.25, -0.2) is 4.79 Å². The van der Waals surface area contributed by atoms with Gasteiger partial charge in [-0.05, 0) is 29.8 Å². The van der Waals surface area contributed by atoms with Crippen LogP contribution in [0.15, 0.2) is 48.5 Å². The number of benzene rings is 2. The molecule has 0 atom stereocenters. The smallest absolute Gasteiger partial charge is 0.338 e. The van der Waals surface area contributed by atoms with Crippen LogP contribution in [0.1, 0.15) is 21.5 Å². The Labute approximate surface area is 120 Å². The van der Waals surface area contributed by atoms with E-state index in [9.17, 15) is 14.9 Å². The van der Waals surface area contributed by atoms with Crippen molar-refractivity contribution in [3.63, 3.8) is 0 Å². The Kier molecular flexibility index (Phi) is 4.26. The van der Waals surface area contributed by atoms with Gasteiger partial charge in [0.25, 0.3) is 5.69 Å². The van der Waals surface area contributed by atoms with Crippen molar-refractivity contribution in [1.29, 1.82) is 5.26 Å². The Morgan fingerprint density at radius 2 is 1.95 bits per heavy atom. The Morgan fingerprint density at radius 1 is 1.24 bits per heavy atom. The summed E-state index contributed by atoms with van der Waals surface area (Å²) in [6, 6.07) is 13.9. The molecule has 6 heteroatoms. The highest BCUT2D eigenvalue weighted by Crippen LogP contribution is 2.13. The normalized spacial score (nSPS) is 9.67. The van der Waals surface area contributed by atoms with E-state index in [1.165, 1.54) is 24.3 Å². The third kappa shape index (κ3) is 3.64. The SMILES string of the molecule is N#Cc1cccc(COC(=O)c2ccc([N+](=O)[O-])cc2)c1. The minimum atomic E-state index is -0.577. The lowest BCUT2D eigenvalue weighted by atomic mass is 10.1. The number of hydrogen-bond acceptors (Lipinski definition) is 5. The largest absolute Gasteiger partial charge is 0.457 e. The van der Waals surface area contributed by atoms with Crippen LogP contribution in [-0.4, -0.2) is 10.9 Å². The van der Waals surface area contributed by atoms with Crippen molar-refractivity contribution < 1.29 is 14.5 Å². The summed E-state index contributed by atoms with van der Waals surface area (Å²) in [7, 11) is 0. The van der Waals surface area contributed by atoms with Gasteiger partial charge in [0.1, 0.15) is 6.61 Å². The first kappa shape index (κ1) is 14.2. The number of nitrogens with zero attached hydrogens (tertiary/aromatic N) is 2. The second-order valence-electron chi connectivity index (χ2n) is 4.19. The molecule has 0 spiro atoms. The molecule has 0 aliphatic heterocycles. The molecule has 2 aromatic carbocycles. The second-order valence-corrected chi connectivity index (χ2v) is 4.19. The second kappa shape index (κ2) is 6.30. The summed E-state index contributed by atoms with van der Waals surface area (Å²) in [5.74, 6) is -0.577. The van der Waals surface area contributed by atoms with E-state index in [2.05, 4.69) is 0 Å². The molecule has 0 aliphatic rings. The Balaban J connectivity index is 2.01. The van der Waals surface area contributed by atoms with Gasteiger partial charge in [-0.1, -0.05) is 12.1 Å². The summed E-state index contributed by atoms with van der Waals surface area (Å²) in [6.45, 7) is 0.0331. The number of non-ortho nitro benzene ring substituents is 1.